The second-order valence-corrected chi connectivity index (χ2v) is 4.03. The van der Waals surface area contributed by atoms with Gasteiger partial charge in [-0.05, 0) is 31.8 Å². The lowest BCUT2D eigenvalue weighted by molar-refractivity contribution is 0.181. The third-order valence-electron chi connectivity index (χ3n) is 2.61. The number of hydrogen-bond donors (Lipinski definition) is 2. The van der Waals surface area contributed by atoms with Crippen LogP contribution in [0.1, 0.15) is 11.6 Å². The van der Waals surface area contributed by atoms with E-state index >= 15 is 0 Å². The first kappa shape index (κ1) is 13.0. The highest BCUT2D eigenvalue weighted by Crippen LogP contribution is 2.24. The fourth-order valence-electron chi connectivity index (χ4n) is 1.85. The molecule has 1 aromatic rings. The van der Waals surface area contributed by atoms with E-state index < -0.39 is 0 Å². The zero-order chi connectivity index (χ0) is 12.1. The average molecular weight is 224 g/mol. The van der Waals surface area contributed by atoms with Crippen molar-refractivity contribution in [3.63, 3.8) is 0 Å². The molecule has 0 fully saturated rings. The largest absolute Gasteiger partial charge is 0.497 e. The Hall–Kier alpha value is -1.10. The Labute approximate surface area is 96.6 Å². The predicted octanol–water partition coefficient (Wildman–Crippen LogP) is 0.617. The minimum Gasteiger partial charge on any atom is -0.497 e. The summed E-state index contributed by atoms with van der Waals surface area (Å²) in [6.45, 7) is -0.0416. The first-order valence-corrected chi connectivity index (χ1v) is 5.27. The van der Waals surface area contributed by atoms with Crippen LogP contribution in [0.5, 0.6) is 5.75 Å². The van der Waals surface area contributed by atoms with Gasteiger partial charge in [0, 0.05) is 6.04 Å². The third kappa shape index (κ3) is 2.95. The summed E-state index contributed by atoms with van der Waals surface area (Å²) in [5, 5.41) is 9.16. The van der Waals surface area contributed by atoms with Gasteiger partial charge in [-0.1, -0.05) is 12.1 Å². The number of rotatable bonds is 5. The summed E-state index contributed by atoms with van der Waals surface area (Å²) in [6.07, 6.45) is 0. The molecule has 4 heteroatoms. The van der Waals surface area contributed by atoms with Gasteiger partial charge in [0.2, 0.25) is 0 Å². The molecule has 0 saturated heterocycles. The lowest BCUT2D eigenvalue weighted by atomic mass is 9.99. The minimum absolute atomic E-state index is 0.0138. The summed E-state index contributed by atoms with van der Waals surface area (Å²) < 4.78 is 5.18. The van der Waals surface area contributed by atoms with Crippen LogP contribution in [0, 0.1) is 0 Å². The van der Waals surface area contributed by atoms with E-state index in [-0.39, 0.29) is 18.7 Å². The first-order chi connectivity index (χ1) is 7.60. The van der Waals surface area contributed by atoms with E-state index in [2.05, 4.69) is 0 Å². The number of methoxy groups -OCH3 is 1. The van der Waals surface area contributed by atoms with Gasteiger partial charge in [-0.15, -0.1) is 0 Å². The highest BCUT2D eigenvalue weighted by Gasteiger charge is 2.21. The van der Waals surface area contributed by atoms with Crippen LogP contribution in [0.25, 0.3) is 0 Å². The summed E-state index contributed by atoms with van der Waals surface area (Å²) >= 11 is 0. The molecule has 0 aromatic heterocycles. The van der Waals surface area contributed by atoms with Gasteiger partial charge in [-0.25, -0.2) is 0 Å². The smallest absolute Gasteiger partial charge is 0.119 e. The second kappa shape index (κ2) is 5.84. The van der Waals surface area contributed by atoms with Gasteiger partial charge in [-0.2, -0.15) is 0 Å². The molecule has 0 saturated carbocycles. The van der Waals surface area contributed by atoms with Crippen molar-refractivity contribution >= 4 is 0 Å². The zero-order valence-electron chi connectivity index (χ0n) is 10.1. The molecular formula is C12H20N2O2. The number of nitrogens with zero attached hydrogens (tertiary/aromatic N) is 1. The van der Waals surface area contributed by atoms with Gasteiger partial charge in [0.25, 0.3) is 0 Å². The van der Waals surface area contributed by atoms with Crippen LogP contribution >= 0.6 is 0 Å². The van der Waals surface area contributed by atoms with Gasteiger partial charge >= 0.3 is 0 Å². The number of benzene rings is 1. The number of likely N-dealkylation sites (N-methyl/N-ethyl adjacent to an activating group) is 1. The van der Waals surface area contributed by atoms with E-state index in [0.717, 1.165) is 11.3 Å². The summed E-state index contributed by atoms with van der Waals surface area (Å²) in [5.74, 6) is 0.800. The van der Waals surface area contributed by atoms with Crippen molar-refractivity contribution in [1.29, 1.82) is 0 Å². The van der Waals surface area contributed by atoms with Crippen LogP contribution in [0.2, 0.25) is 0 Å². The van der Waals surface area contributed by atoms with Crippen LogP contribution in [-0.4, -0.2) is 43.9 Å². The molecule has 0 amide bonds. The molecule has 0 bridgehead atoms. The Balaban J connectivity index is 3.00. The van der Waals surface area contributed by atoms with Gasteiger partial charge in [0.15, 0.2) is 0 Å². The Kier molecular flexibility index (Phi) is 4.73. The van der Waals surface area contributed by atoms with Crippen LogP contribution in [-0.2, 0) is 0 Å². The first-order valence-electron chi connectivity index (χ1n) is 5.27. The summed E-state index contributed by atoms with van der Waals surface area (Å²) in [4.78, 5) is 2.00. The monoisotopic (exact) mass is 224 g/mol. The average Bonchev–Trinajstić information content (AvgIpc) is 2.29. The van der Waals surface area contributed by atoms with Crippen LogP contribution in [0.15, 0.2) is 24.3 Å². The highest BCUT2D eigenvalue weighted by atomic mass is 16.5. The summed E-state index contributed by atoms with van der Waals surface area (Å²) in [7, 11) is 5.52. The number of ether oxygens (including phenoxy) is 1. The van der Waals surface area contributed by atoms with E-state index in [4.69, 9.17) is 15.6 Å². The van der Waals surface area contributed by atoms with E-state index in [1.54, 1.807) is 7.11 Å². The number of aliphatic hydroxyl groups excluding tert-OH is 1. The van der Waals surface area contributed by atoms with E-state index in [1.165, 1.54) is 0 Å². The van der Waals surface area contributed by atoms with Crippen LogP contribution < -0.4 is 10.5 Å². The SMILES string of the molecule is COc1cccc(C(C(N)CO)N(C)C)c1. The highest BCUT2D eigenvalue weighted by molar-refractivity contribution is 5.31. The zero-order valence-corrected chi connectivity index (χ0v) is 10.1. The van der Waals surface area contributed by atoms with Crippen molar-refractivity contribution in [3.05, 3.63) is 29.8 Å². The van der Waals surface area contributed by atoms with Gasteiger partial charge in [0.1, 0.15) is 5.75 Å². The fraction of sp³-hybridized carbons (Fsp3) is 0.500. The second-order valence-electron chi connectivity index (χ2n) is 4.03. The minimum atomic E-state index is -0.304. The molecule has 1 rings (SSSR count). The summed E-state index contributed by atoms with van der Waals surface area (Å²) in [6, 6.07) is 7.43. The topological polar surface area (TPSA) is 58.7 Å². The molecule has 2 unspecified atom stereocenters. The lowest BCUT2D eigenvalue weighted by Gasteiger charge is -2.29. The molecule has 0 aliphatic heterocycles. The Bertz CT molecular complexity index is 329. The van der Waals surface area contributed by atoms with Crippen molar-refractivity contribution < 1.29 is 9.84 Å². The maximum Gasteiger partial charge on any atom is 0.119 e. The van der Waals surface area contributed by atoms with Gasteiger partial charge in [0.05, 0.1) is 19.8 Å². The predicted molar refractivity (Wildman–Crippen MR) is 64.5 cm³/mol. The molecule has 0 aliphatic rings. The maximum atomic E-state index is 9.16. The van der Waals surface area contributed by atoms with Gasteiger partial charge < -0.3 is 20.5 Å². The summed E-state index contributed by atoms with van der Waals surface area (Å²) in [5.41, 5.74) is 6.96. The maximum absolute atomic E-state index is 9.16. The lowest BCUT2D eigenvalue weighted by Crippen LogP contribution is -2.39. The molecule has 4 nitrogen and oxygen atoms in total. The van der Waals surface area contributed by atoms with Crippen molar-refractivity contribution in [1.82, 2.24) is 4.90 Å². The molecule has 0 aliphatic carbocycles. The Morgan fingerprint density at radius 3 is 2.62 bits per heavy atom. The molecule has 3 N–H and O–H groups in total. The quantitative estimate of drug-likeness (QED) is 0.769. The molecule has 16 heavy (non-hydrogen) atoms. The molecule has 2 atom stereocenters. The van der Waals surface area contributed by atoms with Crippen LogP contribution in [0.4, 0.5) is 0 Å². The molecule has 90 valence electrons. The molecule has 1 aromatic carbocycles. The normalized spacial score (nSPS) is 14.9. The molecular weight excluding hydrogens is 204 g/mol. The van der Waals surface area contributed by atoms with E-state index in [9.17, 15) is 0 Å². The van der Waals surface area contributed by atoms with Crippen molar-refractivity contribution in [3.8, 4) is 5.75 Å². The molecule has 0 heterocycles. The standard InChI is InChI=1S/C12H20N2O2/c1-14(2)12(11(13)8-15)9-5-4-6-10(7-9)16-3/h4-7,11-12,15H,8,13H2,1-3H3. The number of nitrogens with two attached hydrogens (primary N) is 1. The Morgan fingerprint density at radius 1 is 1.44 bits per heavy atom. The van der Waals surface area contributed by atoms with E-state index in [1.807, 2.05) is 43.3 Å². The fourth-order valence-corrected chi connectivity index (χ4v) is 1.85. The van der Waals surface area contributed by atoms with Crippen molar-refractivity contribution in [2.75, 3.05) is 27.8 Å². The van der Waals surface area contributed by atoms with Gasteiger partial charge in [-0.3, -0.25) is 0 Å². The molecule has 0 radical (unpaired) electrons. The number of hydrogen-bond acceptors (Lipinski definition) is 4. The Morgan fingerprint density at radius 2 is 2.12 bits per heavy atom. The molecule has 0 spiro atoms. The van der Waals surface area contributed by atoms with Crippen molar-refractivity contribution in [2.45, 2.75) is 12.1 Å². The van der Waals surface area contributed by atoms with Crippen LogP contribution in [0.3, 0.4) is 0 Å². The number of aliphatic hydroxyl groups is 1. The van der Waals surface area contributed by atoms with Crippen molar-refractivity contribution in [2.24, 2.45) is 5.73 Å². The van der Waals surface area contributed by atoms with E-state index in [0.29, 0.717) is 0 Å². The third-order valence-corrected chi connectivity index (χ3v) is 2.61.